The molecular formula is C32H28N6O2. The van der Waals surface area contributed by atoms with Crippen LogP contribution in [0.4, 0.5) is 10.6 Å². The summed E-state index contributed by atoms with van der Waals surface area (Å²) in [5.41, 5.74) is 3.25. The number of nitrogens with one attached hydrogen (secondary N) is 1. The molecule has 6 rings (SSSR count). The average Bonchev–Trinajstić information content (AvgIpc) is 3.44. The molecule has 40 heavy (non-hydrogen) atoms. The molecule has 1 fully saturated rings. The van der Waals surface area contributed by atoms with E-state index in [4.69, 9.17) is 4.98 Å². The number of carboxylic acid groups (broad SMARTS) is 1. The van der Waals surface area contributed by atoms with Crippen molar-refractivity contribution in [2.75, 3.05) is 18.4 Å². The Morgan fingerprint density at radius 2 is 1.45 bits per heavy atom. The average molecular weight is 529 g/mol. The number of piperidine rings is 1. The van der Waals surface area contributed by atoms with E-state index in [1.165, 1.54) is 11.2 Å². The first-order valence-corrected chi connectivity index (χ1v) is 13.2. The van der Waals surface area contributed by atoms with E-state index < -0.39 is 11.6 Å². The highest BCUT2D eigenvalue weighted by Crippen LogP contribution is 2.43. The van der Waals surface area contributed by atoms with E-state index in [9.17, 15) is 15.2 Å². The standard InChI is InChI=1S/C32H28N6O2/c33-19-23-18-27(21-37(20-23)31(39)40)36-29-28-16-17-38(30(28)35-22-34-29)32(24-10-4-1-5-11-24,25-12-6-2-7-13-25)26-14-8-3-9-15-26/h1-17,22-23,27H,18,20-21H2,(H,39,40)(H,34,35,36)/t23?,27-/m1/s1. The van der Waals surface area contributed by atoms with E-state index in [0.717, 1.165) is 27.7 Å². The van der Waals surface area contributed by atoms with Gasteiger partial charge < -0.3 is 19.9 Å². The summed E-state index contributed by atoms with van der Waals surface area (Å²) in [7, 11) is 0. The molecule has 0 spiro atoms. The van der Waals surface area contributed by atoms with E-state index in [-0.39, 0.29) is 25.0 Å². The molecule has 2 atom stereocenters. The number of amides is 1. The zero-order valence-electron chi connectivity index (χ0n) is 21.8. The van der Waals surface area contributed by atoms with Crippen LogP contribution in [0.15, 0.2) is 110 Å². The monoisotopic (exact) mass is 528 g/mol. The van der Waals surface area contributed by atoms with Crippen LogP contribution in [-0.4, -0.2) is 49.8 Å². The van der Waals surface area contributed by atoms with Crippen molar-refractivity contribution in [3.05, 3.63) is 126 Å². The molecule has 1 aliphatic heterocycles. The Kier molecular flexibility index (Phi) is 6.62. The van der Waals surface area contributed by atoms with Crippen LogP contribution in [0.2, 0.25) is 0 Å². The number of benzene rings is 3. The molecular weight excluding hydrogens is 500 g/mol. The maximum absolute atomic E-state index is 11.7. The number of rotatable bonds is 6. The SMILES string of the molecule is N#CC1C[C@@H](Nc2ncnc3c2ccn3C(c2ccccc2)(c2ccccc2)c2ccccc2)CN(C(=O)O)C1. The number of hydrogen-bond donors (Lipinski definition) is 2. The third-order valence-corrected chi connectivity index (χ3v) is 7.66. The van der Waals surface area contributed by atoms with Gasteiger partial charge in [-0.3, -0.25) is 0 Å². The van der Waals surface area contributed by atoms with Crippen molar-refractivity contribution in [3.63, 3.8) is 0 Å². The molecule has 0 radical (unpaired) electrons. The van der Waals surface area contributed by atoms with Crippen LogP contribution in [0.25, 0.3) is 11.0 Å². The fourth-order valence-corrected chi connectivity index (χ4v) is 5.94. The van der Waals surface area contributed by atoms with E-state index in [1.54, 1.807) is 0 Å². The van der Waals surface area contributed by atoms with Gasteiger partial charge in [0.25, 0.3) is 0 Å². The maximum atomic E-state index is 11.7. The van der Waals surface area contributed by atoms with Crippen LogP contribution in [-0.2, 0) is 5.54 Å². The number of nitrogens with zero attached hydrogens (tertiary/aromatic N) is 5. The van der Waals surface area contributed by atoms with E-state index in [2.05, 4.69) is 57.3 Å². The minimum atomic E-state index is -1.02. The molecule has 5 aromatic rings. The van der Waals surface area contributed by atoms with Crippen molar-refractivity contribution in [2.45, 2.75) is 18.0 Å². The molecule has 1 aliphatic rings. The predicted molar refractivity (Wildman–Crippen MR) is 153 cm³/mol. The second-order valence-corrected chi connectivity index (χ2v) is 10.0. The Morgan fingerprint density at radius 3 is 1.98 bits per heavy atom. The first-order chi connectivity index (χ1) is 19.6. The Bertz CT molecular complexity index is 1570. The lowest BCUT2D eigenvalue weighted by molar-refractivity contribution is 0.124. The number of likely N-dealkylation sites (tertiary alicyclic amines) is 1. The van der Waals surface area contributed by atoms with E-state index >= 15 is 0 Å². The highest BCUT2D eigenvalue weighted by atomic mass is 16.4. The van der Waals surface area contributed by atoms with Crippen LogP contribution in [0, 0.1) is 17.2 Å². The molecule has 2 aromatic heterocycles. The molecule has 8 heteroatoms. The Hall–Kier alpha value is -5.16. The second kappa shape index (κ2) is 10.5. The maximum Gasteiger partial charge on any atom is 0.407 e. The van der Waals surface area contributed by atoms with Gasteiger partial charge in [-0.2, -0.15) is 5.26 Å². The number of nitriles is 1. The molecule has 2 N–H and O–H groups in total. The predicted octanol–water partition coefficient (Wildman–Crippen LogP) is 5.58. The quantitative estimate of drug-likeness (QED) is 0.279. The van der Waals surface area contributed by atoms with Crippen molar-refractivity contribution < 1.29 is 9.90 Å². The Labute approximate surface area is 232 Å². The first-order valence-electron chi connectivity index (χ1n) is 13.2. The summed E-state index contributed by atoms with van der Waals surface area (Å²) >= 11 is 0. The van der Waals surface area contributed by atoms with Crippen molar-refractivity contribution in [1.82, 2.24) is 19.4 Å². The summed E-state index contributed by atoms with van der Waals surface area (Å²) in [5, 5.41) is 23.4. The van der Waals surface area contributed by atoms with Crippen LogP contribution in [0.5, 0.6) is 0 Å². The van der Waals surface area contributed by atoms with Crippen LogP contribution >= 0.6 is 0 Å². The van der Waals surface area contributed by atoms with Crippen molar-refractivity contribution >= 4 is 22.9 Å². The molecule has 3 aromatic carbocycles. The number of anilines is 1. The second-order valence-electron chi connectivity index (χ2n) is 10.0. The highest BCUT2D eigenvalue weighted by Gasteiger charge is 2.39. The van der Waals surface area contributed by atoms with Crippen LogP contribution in [0.3, 0.4) is 0 Å². The molecule has 1 amide bonds. The van der Waals surface area contributed by atoms with Gasteiger partial charge in [-0.05, 0) is 29.2 Å². The number of aromatic nitrogens is 3. The molecule has 3 heterocycles. The summed E-state index contributed by atoms with van der Waals surface area (Å²) < 4.78 is 2.19. The number of hydrogen-bond acceptors (Lipinski definition) is 5. The van der Waals surface area contributed by atoms with Gasteiger partial charge in [-0.15, -0.1) is 0 Å². The third kappa shape index (κ3) is 4.31. The summed E-state index contributed by atoms with van der Waals surface area (Å²) in [6.07, 6.45) is 3.09. The third-order valence-electron chi connectivity index (χ3n) is 7.66. The van der Waals surface area contributed by atoms with E-state index in [1.807, 2.05) is 66.9 Å². The van der Waals surface area contributed by atoms with Gasteiger partial charge in [0, 0.05) is 25.3 Å². The fraction of sp³-hybridized carbons (Fsp3) is 0.188. The van der Waals surface area contributed by atoms with Gasteiger partial charge in [0.1, 0.15) is 23.3 Å². The lowest BCUT2D eigenvalue weighted by Crippen LogP contribution is -2.48. The van der Waals surface area contributed by atoms with Crippen LogP contribution in [0.1, 0.15) is 23.1 Å². The van der Waals surface area contributed by atoms with Gasteiger partial charge in [0.15, 0.2) is 0 Å². The molecule has 0 aliphatic carbocycles. The smallest absolute Gasteiger partial charge is 0.407 e. The lowest BCUT2D eigenvalue weighted by Gasteiger charge is -2.38. The van der Waals surface area contributed by atoms with Crippen LogP contribution < -0.4 is 5.32 Å². The molecule has 0 bridgehead atoms. The summed E-state index contributed by atoms with van der Waals surface area (Å²) in [6, 6.07) is 35.1. The number of fused-ring (bicyclic) bond motifs is 1. The van der Waals surface area contributed by atoms with Crippen molar-refractivity contribution in [1.29, 1.82) is 5.26 Å². The van der Waals surface area contributed by atoms with Gasteiger partial charge in [-0.1, -0.05) is 91.0 Å². The fourth-order valence-electron chi connectivity index (χ4n) is 5.94. The molecule has 0 saturated carbocycles. The van der Waals surface area contributed by atoms with Crippen molar-refractivity contribution in [2.24, 2.45) is 5.92 Å². The summed E-state index contributed by atoms with van der Waals surface area (Å²) in [5.74, 6) is 0.229. The lowest BCUT2D eigenvalue weighted by atomic mass is 9.76. The van der Waals surface area contributed by atoms with Gasteiger partial charge in [0.2, 0.25) is 0 Å². The first kappa shape index (κ1) is 25.1. The normalized spacial score (nSPS) is 17.3. The summed E-state index contributed by atoms with van der Waals surface area (Å²) in [6.45, 7) is 0.495. The summed E-state index contributed by atoms with van der Waals surface area (Å²) in [4.78, 5) is 22.3. The van der Waals surface area contributed by atoms with Gasteiger partial charge in [0.05, 0.1) is 17.4 Å². The zero-order valence-corrected chi connectivity index (χ0v) is 21.8. The topological polar surface area (TPSA) is 107 Å². The largest absolute Gasteiger partial charge is 0.465 e. The van der Waals surface area contributed by atoms with Gasteiger partial charge in [-0.25, -0.2) is 14.8 Å². The number of carbonyl (C=O) groups is 1. The molecule has 8 nitrogen and oxygen atoms in total. The Morgan fingerprint density at radius 1 is 0.875 bits per heavy atom. The van der Waals surface area contributed by atoms with E-state index in [0.29, 0.717) is 12.2 Å². The van der Waals surface area contributed by atoms with Gasteiger partial charge >= 0.3 is 6.09 Å². The molecule has 198 valence electrons. The molecule has 1 saturated heterocycles. The Balaban J connectivity index is 1.53. The highest BCUT2D eigenvalue weighted by molar-refractivity contribution is 5.88. The van der Waals surface area contributed by atoms with Crippen molar-refractivity contribution in [3.8, 4) is 6.07 Å². The minimum absolute atomic E-state index is 0.216. The minimum Gasteiger partial charge on any atom is -0.465 e. The molecule has 1 unspecified atom stereocenters. The zero-order chi connectivity index (χ0) is 27.5.